The number of anilines is 1. The van der Waals surface area contributed by atoms with E-state index in [4.69, 9.17) is 9.47 Å². The minimum atomic E-state index is -0.431. The van der Waals surface area contributed by atoms with Crippen LogP contribution in [0.25, 0.3) is 0 Å². The van der Waals surface area contributed by atoms with E-state index in [1.807, 2.05) is 0 Å². The normalized spacial score (nSPS) is 10.5. The third kappa shape index (κ3) is 5.13. The molecule has 1 rings (SSSR count). The van der Waals surface area contributed by atoms with E-state index in [-0.39, 0.29) is 5.69 Å². The molecule has 0 unspecified atom stereocenters. The average molecular weight is 268 g/mol. The molecule has 0 fully saturated rings. The first-order valence-corrected chi connectivity index (χ1v) is 6.18. The van der Waals surface area contributed by atoms with Crippen LogP contribution < -0.4 is 10.1 Å². The van der Waals surface area contributed by atoms with Gasteiger partial charge in [0.1, 0.15) is 11.4 Å². The van der Waals surface area contributed by atoms with Crippen molar-refractivity contribution in [1.29, 1.82) is 0 Å². The van der Waals surface area contributed by atoms with Crippen LogP contribution in [0.4, 0.5) is 11.4 Å². The van der Waals surface area contributed by atoms with Crippen LogP contribution in [0.5, 0.6) is 5.75 Å². The highest BCUT2D eigenvalue weighted by atomic mass is 16.6. The van der Waals surface area contributed by atoms with Crippen LogP contribution in [0.15, 0.2) is 18.2 Å². The molecule has 0 aromatic heterocycles. The van der Waals surface area contributed by atoms with Gasteiger partial charge in [0.15, 0.2) is 0 Å². The molecule has 0 heterocycles. The lowest BCUT2D eigenvalue weighted by atomic mass is 10.2. The summed E-state index contributed by atoms with van der Waals surface area (Å²) in [5.74, 6) is 0.948. The van der Waals surface area contributed by atoms with Gasteiger partial charge in [-0.3, -0.25) is 10.1 Å². The van der Waals surface area contributed by atoms with Gasteiger partial charge in [0.2, 0.25) is 0 Å². The molecule has 0 radical (unpaired) electrons. The Morgan fingerprint density at radius 1 is 1.42 bits per heavy atom. The second-order valence-electron chi connectivity index (χ2n) is 4.54. The van der Waals surface area contributed by atoms with Crippen LogP contribution in [0, 0.1) is 16.0 Å². The van der Waals surface area contributed by atoms with E-state index in [9.17, 15) is 10.1 Å². The summed E-state index contributed by atoms with van der Waals surface area (Å²) in [5, 5.41) is 13.9. The Hall–Kier alpha value is -1.82. The monoisotopic (exact) mass is 268 g/mol. The maximum Gasteiger partial charge on any atom is 0.296 e. The molecule has 1 aromatic carbocycles. The molecule has 0 aliphatic rings. The third-order valence-electron chi connectivity index (χ3n) is 2.41. The Bertz CT molecular complexity index is 421. The van der Waals surface area contributed by atoms with Crippen molar-refractivity contribution < 1.29 is 14.4 Å². The first kappa shape index (κ1) is 15.2. The summed E-state index contributed by atoms with van der Waals surface area (Å²) in [6.07, 6.45) is 0. The lowest BCUT2D eigenvalue weighted by molar-refractivity contribution is -0.384. The highest BCUT2D eigenvalue weighted by Gasteiger charge is 2.14. The summed E-state index contributed by atoms with van der Waals surface area (Å²) in [5.41, 5.74) is 0.474. The van der Waals surface area contributed by atoms with Gasteiger partial charge in [0.25, 0.3) is 5.69 Å². The van der Waals surface area contributed by atoms with Crippen molar-refractivity contribution in [3.05, 3.63) is 28.3 Å². The fourth-order valence-corrected chi connectivity index (χ4v) is 1.52. The second kappa shape index (κ2) is 7.58. The molecule has 0 saturated carbocycles. The molecule has 0 bridgehead atoms. The molecule has 0 atom stereocenters. The zero-order valence-corrected chi connectivity index (χ0v) is 11.5. The Morgan fingerprint density at radius 3 is 2.74 bits per heavy atom. The van der Waals surface area contributed by atoms with Crippen LogP contribution in [0.2, 0.25) is 0 Å². The summed E-state index contributed by atoms with van der Waals surface area (Å²) >= 11 is 0. The minimum absolute atomic E-state index is 0.00297. The molecule has 0 amide bonds. The maximum atomic E-state index is 10.9. The maximum absolute atomic E-state index is 10.9. The largest absolute Gasteiger partial charge is 0.496 e. The molecular weight excluding hydrogens is 248 g/mol. The minimum Gasteiger partial charge on any atom is -0.496 e. The van der Waals surface area contributed by atoms with Gasteiger partial charge in [-0.2, -0.15) is 0 Å². The van der Waals surface area contributed by atoms with Crippen molar-refractivity contribution in [2.75, 3.05) is 32.2 Å². The predicted octanol–water partition coefficient (Wildman–Crippen LogP) is 2.69. The molecule has 1 aromatic rings. The molecule has 106 valence electrons. The smallest absolute Gasteiger partial charge is 0.296 e. The molecule has 6 nitrogen and oxygen atoms in total. The number of benzene rings is 1. The number of methoxy groups -OCH3 is 1. The quantitative estimate of drug-likeness (QED) is 0.446. The van der Waals surface area contributed by atoms with E-state index in [0.717, 1.165) is 0 Å². The molecule has 0 saturated heterocycles. The van der Waals surface area contributed by atoms with Crippen molar-refractivity contribution in [1.82, 2.24) is 0 Å². The SMILES string of the molecule is COc1ccc(NCCOCC(C)C)c([N+](=O)[O-])c1. The topological polar surface area (TPSA) is 73.6 Å². The van der Waals surface area contributed by atoms with E-state index in [1.165, 1.54) is 13.2 Å². The number of hydrogen-bond acceptors (Lipinski definition) is 5. The van der Waals surface area contributed by atoms with E-state index < -0.39 is 4.92 Å². The van der Waals surface area contributed by atoms with Gasteiger partial charge in [0, 0.05) is 13.2 Å². The molecule has 6 heteroatoms. The number of hydrogen-bond donors (Lipinski definition) is 1. The fraction of sp³-hybridized carbons (Fsp3) is 0.538. The molecular formula is C13H20N2O4. The first-order chi connectivity index (χ1) is 9.04. The van der Waals surface area contributed by atoms with Crippen LogP contribution in [-0.2, 0) is 4.74 Å². The van der Waals surface area contributed by atoms with E-state index in [2.05, 4.69) is 19.2 Å². The van der Waals surface area contributed by atoms with E-state index >= 15 is 0 Å². The van der Waals surface area contributed by atoms with Crippen LogP contribution >= 0.6 is 0 Å². The van der Waals surface area contributed by atoms with Gasteiger partial charge < -0.3 is 14.8 Å². The van der Waals surface area contributed by atoms with Crippen LogP contribution in [-0.4, -0.2) is 31.8 Å². The Morgan fingerprint density at radius 2 is 2.16 bits per heavy atom. The van der Waals surface area contributed by atoms with E-state index in [1.54, 1.807) is 12.1 Å². The molecule has 0 aliphatic carbocycles. The first-order valence-electron chi connectivity index (χ1n) is 6.18. The average Bonchev–Trinajstić information content (AvgIpc) is 2.38. The molecule has 19 heavy (non-hydrogen) atoms. The zero-order chi connectivity index (χ0) is 14.3. The number of nitro benzene ring substituents is 1. The van der Waals surface area contributed by atoms with Gasteiger partial charge in [-0.1, -0.05) is 13.8 Å². The Labute approximate surface area is 112 Å². The Kier molecular flexibility index (Phi) is 6.08. The standard InChI is InChI=1S/C13H20N2O4/c1-10(2)9-19-7-6-14-12-5-4-11(18-3)8-13(12)15(16)17/h4-5,8,10,14H,6-7,9H2,1-3H3. The van der Waals surface area contributed by atoms with Crippen molar-refractivity contribution in [2.24, 2.45) is 5.92 Å². The van der Waals surface area contributed by atoms with Crippen molar-refractivity contribution in [3.63, 3.8) is 0 Å². The summed E-state index contributed by atoms with van der Waals surface area (Å²) in [6, 6.07) is 4.72. The fourth-order valence-electron chi connectivity index (χ4n) is 1.52. The lowest BCUT2D eigenvalue weighted by Crippen LogP contribution is -2.13. The number of nitro groups is 1. The second-order valence-corrected chi connectivity index (χ2v) is 4.54. The predicted molar refractivity (Wildman–Crippen MR) is 73.8 cm³/mol. The van der Waals surface area contributed by atoms with Gasteiger partial charge in [-0.15, -0.1) is 0 Å². The zero-order valence-electron chi connectivity index (χ0n) is 11.5. The molecule has 0 spiro atoms. The number of rotatable bonds is 8. The van der Waals surface area contributed by atoms with Gasteiger partial charge in [-0.05, 0) is 18.1 Å². The summed E-state index contributed by atoms with van der Waals surface area (Å²) in [4.78, 5) is 10.5. The lowest BCUT2D eigenvalue weighted by Gasteiger charge is -2.10. The highest BCUT2D eigenvalue weighted by Crippen LogP contribution is 2.28. The number of nitrogens with one attached hydrogen (secondary N) is 1. The van der Waals surface area contributed by atoms with Crippen molar-refractivity contribution in [2.45, 2.75) is 13.8 Å². The summed E-state index contributed by atoms with van der Waals surface area (Å²) < 4.78 is 10.4. The summed E-state index contributed by atoms with van der Waals surface area (Å²) in [6.45, 7) is 5.87. The van der Waals surface area contributed by atoms with Crippen molar-refractivity contribution >= 4 is 11.4 Å². The third-order valence-corrected chi connectivity index (χ3v) is 2.41. The molecule has 0 aliphatic heterocycles. The van der Waals surface area contributed by atoms with Crippen LogP contribution in [0.1, 0.15) is 13.8 Å². The summed E-state index contributed by atoms with van der Waals surface area (Å²) in [7, 11) is 1.48. The van der Waals surface area contributed by atoms with E-state index in [0.29, 0.717) is 37.1 Å². The highest BCUT2D eigenvalue weighted by molar-refractivity contribution is 5.63. The van der Waals surface area contributed by atoms with Gasteiger partial charge in [-0.25, -0.2) is 0 Å². The van der Waals surface area contributed by atoms with Crippen molar-refractivity contribution in [3.8, 4) is 5.75 Å². The number of nitrogens with zero attached hydrogens (tertiary/aromatic N) is 1. The van der Waals surface area contributed by atoms with Crippen LogP contribution in [0.3, 0.4) is 0 Å². The van der Waals surface area contributed by atoms with Gasteiger partial charge in [0.05, 0.1) is 24.7 Å². The molecule has 1 N–H and O–H groups in total. The van der Waals surface area contributed by atoms with Gasteiger partial charge >= 0.3 is 0 Å². The number of ether oxygens (including phenoxy) is 2. The Balaban J connectivity index is 2.55.